The van der Waals surface area contributed by atoms with Crippen LogP contribution in [0.1, 0.15) is 41.4 Å². The highest BCUT2D eigenvalue weighted by Gasteiger charge is 2.35. The van der Waals surface area contributed by atoms with Gasteiger partial charge < -0.3 is 77.5 Å². The minimum Gasteiger partial charge on any atom is -0.394 e. The van der Waals surface area contributed by atoms with Gasteiger partial charge in [0.1, 0.15) is 0 Å². The average molecular weight is 1510 g/mol. The van der Waals surface area contributed by atoms with Crippen molar-refractivity contribution < 1.29 is 74.4 Å². The summed E-state index contributed by atoms with van der Waals surface area (Å²) in [4.78, 5) is 81.6. The van der Waals surface area contributed by atoms with Crippen molar-refractivity contribution in [3.8, 4) is 0 Å². The number of rotatable bonds is 21. The highest BCUT2D eigenvalue weighted by atomic mass is 127. The molecule has 0 heterocycles. The molecule has 27 heteroatoms. The van der Waals surface area contributed by atoms with Gasteiger partial charge in [-0.2, -0.15) is 0 Å². The van der Waals surface area contributed by atoms with Crippen molar-refractivity contribution in [3.05, 3.63) is 43.7 Å². The van der Waals surface area contributed by atoms with E-state index in [0.29, 0.717) is 0 Å². The number of nitrogens with one attached hydrogen (secondary N) is 6. The molecule has 0 fully saturated rings. The Kier molecular flexibility index (Phi) is 24.1. The monoisotopic (exact) mass is 1510 g/mol. The number of carbonyl (C=O) groups excluding carboxylic acids is 6. The second kappa shape index (κ2) is 26.2. The molecule has 0 saturated heterocycles. The minimum absolute atomic E-state index is 0.0774. The molecule has 0 radical (unpaired) electrons. The molecule has 0 aromatic heterocycles. The summed E-state index contributed by atoms with van der Waals surface area (Å²) in [5, 5.41) is 91.0. The summed E-state index contributed by atoms with van der Waals surface area (Å²) in [6, 6.07) is 0. The molecule has 0 spiro atoms. The van der Waals surface area contributed by atoms with Crippen molar-refractivity contribution in [2.75, 3.05) is 70.3 Å². The van der Waals surface area contributed by atoms with Crippen LogP contribution in [-0.4, -0.2) is 167 Å². The van der Waals surface area contributed by atoms with Crippen LogP contribution >= 0.6 is 136 Å². The van der Waals surface area contributed by atoms with E-state index >= 15 is 0 Å². The number of hydrogen-bond acceptors (Lipinski definition) is 15. The van der Waals surface area contributed by atoms with Crippen LogP contribution in [0.2, 0.25) is 0 Å². The van der Waals surface area contributed by atoms with Gasteiger partial charge in [0.25, 0.3) is 35.4 Å². The number of hydrogen-bond donors (Lipinski definition) is 14. The second-order valence-electron chi connectivity index (χ2n) is 11.9. The van der Waals surface area contributed by atoms with Crippen LogP contribution in [0, 0.1) is 21.4 Å². The normalized spacial score (nSPS) is 13.7. The lowest BCUT2D eigenvalue weighted by Gasteiger charge is -2.23. The third-order valence-electron chi connectivity index (χ3n) is 7.59. The van der Waals surface area contributed by atoms with Gasteiger partial charge in [-0.15, -0.1) is 0 Å². The van der Waals surface area contributed by atoms with Crippen LogP contribution in [0.15, 0.2) is 0 Å². The van der Waals surface area contributed by atoms with Crippen molar-refractivity contribution >= 4 is 182 Å². The fourth-order valence-electron chi connectivity index (χ4n) is 4.51. The lowest BCUT2D eigenvalue weighted by atomic mass is 10.1. The van der Waals surface area contributed by atoms with Crippen molar-refractivity contribution in [1.82, 2.24) is 21.3 Å². The molecule has 2 aromatic rings. The number of carbonyl (C=O) groups is 6. The van der Waals surface area contributed by atoms with Crippen LogP contribution in [0.3, 0.4) is 0 Å². The third kappa shape index (κ3) is 14.7. The van der Waals surface area contributed by atoms with Gasteiger partial charge in [0, 0.05) is 40.4 Å². The lowest BCUT2D eigenvalue weighted by Crippen LogP contribution is -2.42. The van der Waals surface area contributed by atoms with Gasteiger partial charge in [0.05, 0.1) is 98.8 Å². The predicted octanol–water partition coefficient (Wildman–Crippen LogP) is -1.76. The van der Waals surface area contributed by atoms with Crippen LogP contribution in [-0.2, 0) is 14.3 Å². The molecule has 0 bridgehead atoms. The van der Waals surface area contributed by atoms with E-state index in [2.05, 4.69) is 31.9 Å². The first-order valence-corrected chi connectivity index (χ1v) is 23.0. The van der Waals surface area contributed by atoms with Gasteiger partial charge in [-0.25, -0.2) is 0 Å². The van der Waals surface area contributed by atoms with Crippen molar-refractivity contribution in [1.29, 1.82) is 0 Å². The molecule has 21 nitrogen and oxygen atoms in total. The quantitative estimate of drug-likeness (QED) is 0.0487. The van der Waals surface area contributed by atoms with Gasteiger partial charge in [-0.05, 0) is 136 Å². The van der Waals surface area contributed by atoms with E-state index in [1.807, 2.05) is 0 Å². The molecule has 4 atom stereocenters. The standard InChI is InChI=1S/C32H38I6N6O15/c1-59-26(31(57)43-24-20(35)14(27(53)39-2-10(49)6-45)18(33)15(21(24)36)28(54)40-3-11(50)7-46)32(58)44-25-22(37)16(29(55)41-4-12(51)8-47)19(34)17(23(25)38)30(56)42-5-13(52)9-48/h10-13,26,45-52H,2-9H2,1H3,(H,39,53)(H,40,54)(H,41,55)(H,42,56)(H,43,57)(H,44,58). The number of amides is 6. The number of methoxy groups -OCH3 is 1. The summed E-state index contributed by atoms with van der Waals surface area (Å²) in [6.45, 7) is -4.22. The molecule has 14 N–H and O–H groups in total. The second-order valence-corrected chi connectivity index (χ2v) is 18.4. The fraction of sp³-hybridized carbons (Fsp3) is 0.438. The maximum absolute atomic E-state index is 13.9. The van der Waals surface area contributed by atoms with Crippen LogP contribution in [0.5, 0.6) is 0 Å². The molecule has 4 unspecified atom stereocenters. The molecule has 0 aliphatic carbocycles. The van der Waals surface area contributed by atoms with Crippen molar-refractivity contribution in [2.24, 2.45) is 0 Å². The first-order valence-electron chi connectivity index (χ1n) is 16.6. The van der Waals surface area contributed by atoms with Gasteiger partial charge >= 0.3 is 0 Å². The highest BCUT2D eigenvalue weighted by Crippen LogP contribution is 2.38. The summed E-state index contributed by atoms with van der Waals surface area (Å²) < 4.78 is 5.76. The summed E-state index contributed by atoms with van der Waals surface area (Å²) in [5.41, 5.74) is -0.823. The molecule has 328 valence electrons. The topological polar surface area (TPSA) is 346 Å². The molecule has 0 saturated carbocycles. The number of aliphatic hydroxyl groups is 8. The Labute approximate surface area is 417 Å². The Hall–Kier alpha value is -0.720. The van der Waals surface area contributed by atoms with Gasteiger partial charge in [-0.3, -0.25) is 28.8 Å². The maximum Gasteiger partial charge on any atom is 0.263 e. The first-order chi connectivity index (χ1) is 27.7. The van der Waals surface area contributed by atoms with E-state index in [0.717, 1.165) is 7.11 Å². The third-order valence-corrected chi connectivity index (χ3v) is 14.1. The van der Waals surface area contributed by atoms with E-state index in [9.17, 15) is 69.6 Å². The summed E-state index contributed by atoms with van der Waals surface area (Å²) in [7, 11) is 1.03. The predicted molar refractivity (Wildman–Crippen MR) is 259 cm³/mol. The van der Waals surface area contributed by atoms with Crippen molar-refractivity contribution in [2.45, 2.75) is 30.5 Å². The number of benzene rings is 2. The molecule has 0 aliphatic heterocycles. The molecular formula is C32H38I6N6O15. The molecular weight excluding hydrogens is 1470 g/mol. The summed E-state index contributed by atoms with van der Waals surface area (Å²) in [6.07, 6.45) is -7.28. The number of halogens is 6. The number of anilines is 2. The number of ether oxygens (including phenoxy) is 1. The zero-order chi connectivity index (χ0) is 44.9. The molecule has 2 rings (SSSR count). The van der Waals surface area contributed by atoms with Gasteiger partial charge in [0.15, 0.2) is 0 Å². The Bertz CT molecular complexity index is 1670. The summed E-state index contributed by atoms with van der Waals surface area (Å²) in [5.74, 6) is -5.50. The largest absolute Gasteiger partial charge is 0.394 e. The van der Waals surface area contributed by atoms with Gasteiger partial charge in [0.2, 0.25) is 6.10 Å². The first kappa shape index (κ1) is 54.4. The molecule has 0 aliphatic rings. The Morgan fingerprint density at radius 1 is 0.458 bits per heavy atom. The zero-order valence-corrected chi connectivity index (χ0v) is 43.2. The molecule has 6 amide bonds. The lowest BCUT2D eigenvalue weighted by molar-refractivity contribution is -0.137. The van der Waals surface area contributed by atoms with Crippen LogP contribution in [0.4, 0.5) is 11.4 Å². The molecule has 59 heavy (non-hydrogen) atoms. The van der Waals surface area contributed by atoms with E-state index < -0.39 is 92.4 Å². The summed E-state index contributed by atoms with van der Waals surface area (Å²) >= 11 is 10.4. The van der Waals surface area contributed by atoms with E-state index in [4.69, 9.17) is 4.74 Å². The SMILES string of the molecule is COC(C(=O)Nc1c(I)c(C(=O)NCC(O)CO)c(I)c(C(=O)NCC(O)CO)c1I)C(=O)Nc1c(I)c(C(=O)NCC(O)CO)c(I)c(C(=O)NCC(O)CO)c1I. The minimum atomic E-state index is -1.98. The Morgan fingerprint density at radius 2 is 0.678 bits per heavy atom. The smallest absolute Gasteiger partial charge is 0.263 e. The average Bonchev–Trinajstić information content (AvgIpc) is 3.20. The van der Waals surface area contributed by atoms with E-state index in [1.54, 1.807) is 136 Å². The Morgan fingerprint density at radius 3 is 0.864 bits per heavy atom. The van der Waals surface area contributed by atoms with Gasteiger partial charge in [-0.1, -0.05) is 0 Å². The van der Waals surface area contributed by atoms with E-state index in [-0.39, 0.29) is 81.2 Å². The van der Waals surface area contributed by atoms with Crippen LogP contribution in [0.25, 0.3) is 0 Å². The zero-order valence-electron chi connectivity index (χ0n) is 30.2. The van der Waals surface area contributed by atoms with Crippen molar-refractivity contribution in [3.63, 3.8) is 0 Å². The van der Waals surface area contributed by atoms with Crippen LogP contribution < -0.4 is 31.9 Å². The maximum atomic E-state index is 13.9. The fourth-order valence-corrected chi connectivity index (χ4v) is 13.3. The highest BCUT2D eigenvalue weighted by molar-refractivity contribution is 14.1. The number of aliphatic hydroxyl groups excluding tert-OH is 8. The molecule has 2 aromatic carbocycles. The Balaban J connectivity index is 2.70. The van der Waals surface area contributed by atoms with E-state index in [1.165, 1.54) is 0 Å².